The van der Waals surface area contributed by atoms with Gasteiger partial charge in [-0.05, 0) is 0 Å². The van der Waals surface area contributed by atoms with Crippen molar-refractivity contribution < 1.29 is 20.4 Å². The van der Waals surface area contributed by atoms with Crippen LogP contribution < -0.4 is 0 Å². The topological polar surface area (TPSA) is 107 Å². The number of hydrogen-bond acceptors (Lipinski definition) is 5. The van der Waals surface area contributed by atoms with E-state index in [-0.39, 0.29) is 5.69 Å². The van der Waals surface area contributed by atoms with E-state index in [0.717, 1.165) is 0 Å². The molecule has 0 atom stereocenters. The number of benzene rings is 2. The minimum atomic E-state index is -4.65. The van der Waals surface area contributed by atoms with Crippen molar-refractivity contribution in [2.75, 3.05) is 0 Å². The molecule has 0 amide bonds. The molecule has 7 nitrogen and oxygen atoms in total. The molecule has 0 aromatic heterocycles. The molecule has 0 saturated heterocycles. The monoisotopic (exact) mass is 423 g/mol. The first-order valence-electron chi connectivity index (χ1n) is 5.54. The van der Waals surface area contributed by atoms with Crippen molar-refractivity contribution in [3.63, 3.8) is 0 Å². The van der Waals surface area contributed by atoms with Gasteiger partial charge in [-0.2, -0.15) is 0 Å². The molecule has 0 spiro atoms. The van der Waals surface area contributed by atoms with Crippen LogP contribution in [0.3, 0.4) is 0 Å². The Kier molecular flexibility index (Phi) is 4.88. The van der Waals surface area contributed by atoms with Crippen LogP contribution in [0.15, 0.2) is 54.6 Å². The first-order chi connectivity index (χ1) is 9.87. The van der Waals surface area contributed by atoms with Crippen molar-refractivity contribution in [3.8, 4) is 0 Å². The van der Waals surface area contributed by atoms with Crippen LogP contribution in [-0.4, -0.2) is 17.9 Å². The van der Waals surface area contributed by atoms with Crippen LogP contribution in [-0.2, 0) is 12.9 Å². The molecule has 2 aromatic rings. The summed E-state index contributed by atoms with van der Waals surface area (Å²) >= 11 is -2.99. The predicted octanol–water partition coefficient (Wildman–Crippen LogP) is 2.88. The number of non-ortho nitro benzene ring substituents is 1. The summed E-state index contributed by atoms with van der Waals surface area (Å²) in [6.45, 7) is 0. The van der Waals surface area contributed by atoms with Crippen molar-refractivity contribution >= 4 is 36.3 Å². The zero-order valence-corrected chi connectivity index (χ0v) is 13.4. The van der Waals surface area contributed by atoms with Gasteiger partial charge in [0.25, 0.3) is 0 Å². The van der Waals surface area contributed by atoms with Crippen LogP contribution in [0.25, 0.3) is 0 Å². The second kappa shape index (κ2) is 6.47. The Bertz CT molecular complexity index is 749. The van der Waals surface area contributed by atoms with Gasteiger partial charge in [-0.15, -0.1) is 0 Å². The van der Waals surface area contributed by atoms with Crippen LogP contribution >= 0.6 is 20.2 Å². The van der Waals surface area contributed by atoms with E-state index in [1.807, 2.05) is 0 Å². The quantitative estimate of drug-likeness (QED) is 0.343. The Morgan fingerprint density at radius 1 is 1.05 bits per heavy atom. The second-order valence-electron chi connectivity index (χ2n) is 3.77. The summed E-state index contributed by atoms with van der Waals surface area (Å²) in [6, 6.07) is 14.0. The van der Waals surface area contributed by atoms with E-state index < -0.39 is 35.6 Å². The van der Waals surface area contributed by atoms with Gasteiger partial charge in [0, 0.05) is 0 Å². The van der Waals surface area contributed by atoms with Gasteiger partial charge in [0.15, 0.2) is 0 Å². The Labute approximate surface area is 128 Å². The number of rotatable bonds is 5. The van der Waals surface area contributed by atoms with E-state index in [1.165, 1.54) is 18.2 Å². The molecule has 0 aliphatic rings. The third-order valence-corrected chi connectivity index (χ3v) is 8.67. The van der Waals surface area contributed by atoms with E-state index in [1.54, 1.807) is 36.4 Å². The molecule has 0 saturated carbocycles. The average Bonchev–Trinajstić information content (AvgIpc) is 2.45. The molecule has 9 heteroatoms. The molecule has 1 N–H and O–H groups in total. The maximum absolute atomic E-state index is 11.0. The van der Waals surface area contributed by atoms with Crippen molar-refractivity contribution in [3.05, 3.63) is 71.9 Å². The number of nitrogens with zero attached hydrogens (tertiary/aromatic N) is 1. The summed E-state index contributed by atoms with van der Waals surface area (Å²) in [5.41, 5.74) is -0.162. The summed E-state index contributed by atoms with van der Waals surface area (Å²) < 4.78 is 36.8. The molecule has 21 heavy (non-hydrogen) atoms. The van der Waals surface area contributed by atoms with Crippen molar-refractivity contribution in [2.45, 2.75) is 0 Å². The van der Waals surface area contributed by atoms with Gasteiger partial charge in [0.05, 0.1) is 0 Å². The Hall–Kier alpha value is -1.56. The fourth-order valence-electron chi connectivity index (χ4n) is 1.50. The molecule has 112 valence electrons. The molecular formula is C12H10INO6S. The van der Waals surface area contributed by atoms with Gasteiger partial charge < -0.3 is 0 Å². The van der Waals surface area contributed by atoms with Crippen LogP contribution in [0, 0.1) is 17.3 Å². The van der Waals surface area contributed by atoms with Gasteiger partial charge in [0.1, 0.15) is 0 Å². The van der Waals surface area contributed by atoms with Gasteiger partial charge in [-0.1, -0.05) is 0 Å². The SMILES string of the molecule is O=[N+]([O-])c1cccc(I(OS(=O)(=O)O)c2ccccc2)c1. The Balaban J connectivity index is 2.50. The van der Waals surface area contributed by atoms with Crippen LogP contribution in [0.2, 0.25) is 0 Å². The van der Waals surface area contributed by atoms with Crippen molar-refractivity contribution in [1.29, 1.82) is 0 Å². The first-order valence-corrected chi connectivity index (χ1v) is 9.94. The molecule has 0 bridgehead atoms. The molecule has 2 rings (SSSR count). The van der Waals surface area contributed by atoms with Gasteiger partial charge in [-0.25, -0.2) is 0 Å². The molecule has 0 heterocycles. The third kappa shape index (κ3) is 4.46. The molecular weight excluding hydrogens is 413 g/mol. The zero-order valence-electron chi connectivity index (χ0n) is 10.4. The normalized spacial score (nSPS) is 12.0. The van der Waals surface area contributed by atoms with Crippen LogP contribution in [0.1, 0.15) is 0 Å². The summed E-state index contributed by atoms with van der Waals surface area (Å²) in [5, 5.41) is 10.8. The summed E-state index contributed by atoms with van der Waals surface area (Å²) in [6.07, 6.45) is 0. The van der Waals surface area contributed by atoms with Crippen LogP contribution in [0.5, 0.6) is 0 Å². The molecule has 0 unspecified atom stereocenters. The van der Waals surface area contributed by atoms with Gasteiger partial charge >= 0.3 is 129 Å². The molecule has 0 aliphatic carbocycles. The molecule has 0 aliphatic heterocycles. The van der Waals surface area contributed by atoms with E-state index in [0.29, 0.717) is 7.14 Å². The van der Waals surface area contributed by atoms with E-state index >= 15 is 0 Å². The number of nitro benzene ring substituents is 1. The van der Waals surface area contributed by atoms with Crippen molar-refractivity contribution in [1.82, 2.24) is 0 Å². The number of halogens is 1. The number of hydrogen-bond donors (Lipinski definition) is 1. The third-order valence-electron chi connectivity index (χ3n) is 2.29. The van der Waals surface area contributed by atoms with Gasteiger partial charge in [0.2, 0.25) is 0 Å². The molecule has 2 aromatic carbocycles. The molecule has 0 radical (unpaired) electrons. The summed E-state index contributed by atoms with van der Waals surface area (Å²) in [7, 11) is -4.65. The Morgan fingerprint density at radius 2 is 1.67 bits per heavy atom. The average molecular weight is 423 g/mol. The fraction of sp³-hybridized carbons (Fsp3) is 0. The standard InChI is InChI=1S/C12H10INO6S/c15-14(16)12-8-4-7-11(9-12)13(20-21(17,18)19)10-5-2-1-3-6-10/h1-9H,(H,17,18,19). The van der Waals surface area contributed by atoms with E-state index in [4.69, 9.17) is 7.07 Å². The summed E-state index contributed by atoms with van der Waals surface area (Å²) in [4.78, 5) is 10.2. The van der Waals surface area contributed by atoms with Gasteiger partial charge in [-0.3, -0.25) is 0 Å². The van der Waals surface area contributed by atoms with E-state index in [9.17, 15) is 18.5 Å². The van der Waals surface area contributed by atoms with E-state index in [2.05, 4.69) is 0 Å². The second-order valence-corrected chi connectivity index (χ2v) is 9.74. The van der Waals surface area contributed by atoms with Crippen molar-refractivity contribution in [2.24, 2.45) is 0 Å². The maximum atomic E-state index is 11.0. The first kappa shape index (κ1) is 15.8. The number of nitro groups is 1. The minimum absolute atomic E-state index is 0.162. The van der Waals surface area contributed by atoms with Crippen LogP contribution in [0.4, 0.5) is 5.69 Å². The zero-order chi connectivity index (χ0) is 15.5. The summed E-state index contributed by atoms with van der Waals surface area (Å²) in [5.74, 6) is 0. The Morgan fingerprint density at radius 3 is 2.24 bits per heavy atom. The molecule has 0 fully saturated rings. The fourth-order valence-corrected chi connectivity index (χ4v) is 7.34. The predicted molar refractivity (Wildman–Crippen MR) is 83.6 cm³/mol.